The number of benzene rings is 1. The lowest BCUT2D eigenvalue weighted by molar-refractivity contribution is 0.130. The van der Waals surface area contributed by atoms with E-state index in [1.807, 2.05) is 0 Å². The van der Waals surface area contributed by atoms with Crippen LogP contribution in [0.1, 0.15) is 63.1 Å². The lowest BCUT2D eigenvalue weighted by Crippen LogP contribution is -2.44. The highest BCUT2D eigenvalue weighted by Gasteiger charge is 2.33. The summed E-state index contributed by atoms with van der Waals surface area (Å²) in [6, 6.07) is 7.30. The molecular formula is C19H31N. The van der Waals surface area contributed by atoms with Crippen LogP contribution in [0.3, 0.4) is 0 Å². The van der Waals surface area contributed by atoms with Gasteiger partial charge in [-0.3, -0.25) is 0 Å². The quantitative estimate of drug-likeness (QED) is 0.817. The molecule has 2 rings (SSSR count). The highest BCUT2D eigenvalue weighted by Crippen LogP contribution is 2.38. The molecule has 1 heteroatoms. The Kier molecular flexibility index (Phi) is 4.90. The number of nitrogens with one attached hydrogen (secondary N) is 1. The summed E-state index contributed by atoms with van der Waals surface area (Å²) in [6.07, 6.45) is 5.52. The maximum absolute atomic E-state index is 3.88. The molecule has 0 bridgehead atoms. The summed E-state index contributed by atoms with van der Waals surface area (Å²) in [7, 11) is 0. The van der Waals surface area contributed by atoms with E-state index in [1.165, 1.54) is 42.4 Å². The molecule has 0 saturated heterocycles. The van der Waals surface area contributed by atoms with Crippen molar-refractivity contribution in [2.75, 3.05) is 0 Å². The smallest absolute Gasteiger partial charge is 0.0213 e. The molecule has 1 saturated carbocycles. The van der Waals surface area contributed by atoms with Crippen LogP contribution in [-0.4, -0.2) is 6.04 Å². The Labute approximate surface area is 125 Å². The van der Waals surface area contributed by atoms with Gasteiger partial charge in [-0.2, -0.15) is 0 Å². The molecule has 2 unspecified atom stereocenters. The van der Waals surface area contributed by atoms with Crippen LogP contribution in [0.15, 0.2) is 18.2 Å². The second-order valence-corrected chi connectivity index (χ2v) is 7.61. The van der Waals surface area contributed by atoms with Crippen molar-refractivity contribution in [3.05, 3.63) is 34.9 Å². The lowest BCUT2D eigenvalue weighted by Gasteiger charge is -2.41. The summed E-state index contributed by atoms with van der Waals surface area (Å²) in [4.78, 5) is 0. The number of aryl methyl sites for hydroxylation is 2. The average molecular weight is 273 g/mol. The van der Waals surface area contributed by atoms with E-state index in [9.17, 15) is 0 Å². The molecule has 0 amide bonds. The molecule has 112 valence electrons. The van der Waals surface area contributed by atoms with Crippen LogP contribution in [0, 0.1) is 25.2 Å². The fraction of sp³-hybridized carbons (Fsp3) is 0.684. The zero-order chi connectivity index (χ0) is 14.8. The first kappa shape index (κ1) is 15.6. The summed E-state index contributed by atoms with van der Waals surface area (Å²) in [5.41, 5.74) is 4.74. The minimum atomic E-state index is 0.416. The number of hydrogen-bond donors (Lipinski definition) is 1. The first-order valence-corrected chi connectivity index (χ1v) is 8.18. The van der Waals surface area contributed by atoms with Gasteiger partial charge in [0.05, 0.1) is 0 Å². The Morgan fingerprint density at radius 1 is 1.05 bits per heavy atom. The van der Waals surface area contributed by atoms with Crippen molar-refractivity contribution in [2.45, 2.75) is 72.9 Å². The highest BCUT2D eigenvalue weighted by molar-refractivity contribution is 5.33. The molecule has 0 spiro atoms. The van der Waals surface area contributed by atoms with E-state index in [4.69, 9.17) is 0 Å². The standard InChI is InChI=1S/C19H31N/c1-14-9-8-10-15(2)16(14)13-20-18-12-7-6-11-17(18)19(3,4)5/h8-10,17-18,20H,6-7,11-13H2,1-5H3. The van der Waals surface area contributed by atoms with Gasteiger partial charge in [-0.05, 0) is 54.7 Å². The third-order valence-corrected chi connectivity index (χ3v) is 5.06. The number of hydrogen-bond acceptors (Lipinski definition) is 1. The molecule has 0 aromatic heterocycles. The maximum Gasteiger partial charge on any atom is 0.0213 e. The second kappa shape index (κ2) is 6.30. The van der Waals surface area contributed by atoms with Crippen molar-refractivity contribution in [1.29, 1.82) is 0 Å². The predicted molar refractivity (Wildman–Crippen MR) is 88.0 cm³/mol. The monoisotopic (exact) mass is 273 g/mol. The Hall–Kier alpha value is -0.820. The van der Waals surface area contributed by atoms with Crippen LogP contribution < -0.4 is 5.32 Å². The van der Waals surface area contributed by atoms with Crippen LogP contribution >= 0.6 is 0 Å². The molecule has 0 radical (unpaired) electrons. The fourth-order valence-electron chi connectivity index (χ4n) is 3.77. The molecule has 1 aliphatic carbocycles. The summed E-state index contributed by atoms with van der Waals surface area (Å²) >= 11 is 0. The van der Waals surface area contributed by atoms with Crippen LogP contribution in [0.4, 0.5) is 0 Å². The van der Waals surface area contributed by atoms with Gasteiger partial charge in [0.2, 0.25) is 0 Å². The van der Waals surface area contributed by atoms with Crippen LogP contribution in [0.25, 0.3) is 0 Å². The van der Waals surface area contributed by atoms with E-state index in [1.54, 1.807) is 0 Å². The van der Waals surface area contributed by atoms with Crippen molar-refractivity contribution in [3.63, 3.8) is 0 Å². The molecule has 1 aromatic rings. The highest BCUT2D eigenvalue weighted by atomic mass is 14.9. The van der Waals surface area contributed by atoms with Gasteiger partial charge in [-0.15, -0.1) is 0 Å². The summed E-state index contributed by atoms with van der Waals surface area (Å²) < 4.78 is 0. The summed E-state index contributed by atoms with van der Waals surface area (Å²) in [6.45, 7) is 12.7. The van der Waals surface area contributed by atoms with Crippen LogP contribution in [0.2, 0.25) is 0 Å². The molecule has 1 aromatic carbocycles. The van der Waals surface area contributed by atoms with Crippen molar-refractivity contribution in [3.8, 4) is 0 Å². The normalized spacial score (nSPS) is 23.9. The topological polar surface area (TPSA) is 12.0 Å². The number of rotatable bonds is 3. The van der Waals surface area contributed by atoms with Crippen LogP contribution in [-0.2, 0) is 6.54 Å². The Bertz CT molecular complexity index is 421. The van der Waals surface area contributed by atoms with Crippen molar-refractivity contribution in [2.24, 2.45) is 11.3 Å². The molecule has 0 aliphatic heterocycles. The van der Waals surface area contributed by atoms with Gasteiger partial charge >= 0.3 is 0 Å². The Balaban J connectivity index is 2.05. The van der Waals surface area contributed by atoms with Gasteiger partial charge in [-0.1, -0.05) is 51.8 Å². The van der Waals surface area contributed by atoms with Gasteiger partial charge in [0, 0.05) is 12.6 Å². The Morgan fingerprint density at radius 3 is 2.25 bits per heavy atom. The SMILES string of the molecule is Cc1cccc(C)c1CNC1CCCCC1C(C)(C)C. The predicted octanol–water partition coefficient (Wildman–Crippen LogP) is 5.00. The molecule has 0 heterocycles. The second-order valence-electron chi connectivity index (χ2n) is 7.61. The van der Waals surface area contributed by atoms with Gasteiger partial charge in [0.25, 0.3) is 0 Å². The third kappa shape index (κ3) is 3.63. The maximum atomic E-state index is 3.88. The third-order valence-electron chi connectivity index (χ3n) is 5.06. The Morgan fingerprint density at radius 2 is 1.65 bits per heavy atom. The van der Waals surface area contributed by atoms with Crippen molar-refractivity contribution < 1.29 is 0 Å². The van der Waals surface area contributed by atoms with Gasteiger partial charge < -0.3 is 5.32 Å². The van der Waals surface area contributed by atoms with E-state index >= 15 is 0 Å². The molecule has 1 N–H and O–H groups in total. The molecule has 2 atom stereocenters. The van der Waals surface area contributed by atoms with E-state index in [2.05, 4.69) is 58.1 Å². The molecule has 1 nitrogen and oxygen atoms in total. The molecule has 1 fully saturated rings. The van der Waals surface area contributed by atoms with Gasteiger partial charge in [0.1, 0.15) is 0 Å². The molecule has 20 heavy (non-hydrogen) atoms. The first-order valence-electron chi connectivity index (χ1n) is 8.18. The zero-order valence-corrected chi connectivity index (χ0v) is 13.9. The summed E-state index contributed by atoms with van der Waals surface area (Å²) in [5, 5.41) is 3.88. The average Bonchev–Trinajstić information content (AvgIpc) is 2.37. The zero-order valence-electron chi connectivity index (χ0n) is 13.9. The van der Waals surface area contributed by atoms with E-state index < -0.39 is 0 Å². The first-order chi connectivity index (χ1) is 9.39. The molecular weight excluding hydrogens is 242 g/mol. The van der Waals surface area contributed by atoms with E-state index in [-0.39, 0.29) is 0 Å². The molecule has 1 aliphatic rings. The van der Waals surface area contributed by atoms with Gasteiger partial charge in [-0.25, -0.2) is 0 Å². The van der Waals surface area contributed by atoms with Crippen molar-refractivity contribution >= 4 is 0 Å². The lowest BCUT2D eigenvalue weighted by atomic mass is 9.69. The summed E-state index contributed by atoms with van der Waals surface area (Å²) in [5.74, 6) is 0.806. The van der Waals surface area contributed by atoms with Gasteiger partial charge in [0.15, 0.2) is 0 Å². The van der Waals surface area contributed by atoms with Crippen LogP contribution in [0.5, 0.6) is 0 Å². The minimum Gasteiger partial charge on any atom is -0.310 e. The van der Waals surface area contributed by atoms with E-state index in [0.29, 0.717) is 11.5 Å². The van der Waals surface area contributed by atoms with Crippen molar-refractivity contribution in [1.82, 2.24) is 5.32 Å². The minimum absolute atomic E-state index is 0.416. The fourth-order valence-corrected chi connectivity index (χ4v) is 3.77. The van der Waals surface area contributed by atoms with E-state index in [0.717, 1.165) is 12.5 Å². The largest absolute Gasteiger partial charge is 0.310 e.